The van der Waals surface area contributed by atoms with Crippen LogP contribution in [0.3, 0.4) is 0 Å². The zero-order valence-electron chi connectivity index (χ0n) is 14.6. The molecule has 1 aromatic heterocycles. The molecule has 0 amide bonds. The summed E-state index contributed by atoms with van der Waals surface area (Å²) >= 11 is 9.28. The third kappa shape index (κ3) is 9.17. The number of hydrogen-bond donors (Lipinski definition) is 1. The summed E-state index contributed by atoms with van der Waals surface area (Å²) in [5.74, 6) is 3.37. The number of benzene rings is 2. The Balaban J connectivity index is 0.000000215. The van der Waals surface area contributed by atoms with Crippen molar-refractivity contribution >= 4 is 70.9 Å². The van der Waals surface area contributed by atoms with Crippen molar-refractivity contribution in [3.05, 3.63) is 73.4 Å². The summed E-state index contributed by atoms with van der Waals surface area (Å²) in [5.41, 5.74) is 6.37. The fourth-order valence-electron chi connectivity index (χ4n) is 1.59. The average Bonchev–Trinajstić information content (AvgIpc) is 3.18. The lowest BCUT2D eigenvalue weighted by molar-refractivity contribution is 0.414. The molecule has 0 fully saturated rings. The Hall–Kier alpha value is -1.44. The van der Waals surface area contributed by atoms with E-state index in [9.17, 15) is 8.42 Å². The van der Waals surface area contributed by atoms with Gasteiger partial charge in [-0.3, -0.25) is 0 Å². The maximum absolute atomic E-state index is 10.7. The molecule has 148 valence electrons. The third-order valence-electron chi connectivity index (χ3n) is 2.97. The number of nitrogen functional groups attached to an aromatic ring is 1. The Morgan fingerprint density at radius 3 is 2.21 bits per heavy atom. The van der Waals surface area contributed by atoms with Crippen molar-refractivity contribution in [3.8, 4) is 18.1 Å². The van der Waals surface area contributed by atoms with Gasteiger partial charge >= 0.3 is 0 Å². The van der Waals surface area contributed by atoms with E-state index >= 15 is 0 Å². The molecule has 28 heavy (non-hydrogen) atoms. The van der Waals surface area contributed by atoms with E-state index in [1.54, 1.807) is 18.4 Å². The van der Waals surface area contributed by atoms with Gasteiger partial charge < -0.3 is 10.5 Å². The zero-order valence-corrected chi connectivity index (χ0v) is 19.9. The van der Waals surface area contributed by atoms with E-state index in [1.807, 2.05) is 35.7 Å². The number of halogens is 3. The number of methoxy groups -OCH3 is 1. The number of ether oxygens (including phenoxy) is 1. The largest absolute Gasteiger partial charge is 0.497 e. The Kier molecular flexibility index (Phi) is 10.7. The molecule has 0 aliphatic heterocycles. The van der Waals surface area contributed by atoms with Crippen LogP contribution >= 0.6 is 56.2 Å². The van der Waals surface area contributed by atoms with Crippen LogP contribution in [0.2, 0.25) is 5.02 Å². The maximum atomic E-state index is 10.7. The predicted octanol–water partition coefficient (Wildman–Crippen LogP) is 5.88. The second-order valence-electron chi connectivity index (χ2n) is 4.90. The van der Waals surface area contributed by atoms with Crippen molar-refractivity contribution in [1.82, 2.24) is 0 Å². The van der Waals surface area contributed by atoms with Crippen molar-refractivity contribution < 1.29 is 13.2 Å². The number of hydrogen-bond acceptors (Lipinski definition) is 5. The fourth-order valence-corrected chi connectivity index (χ4v) is 3.50. The van der Waals surface area contributed by atoms with Crippen LogP contribution in [0.25, 0.3) is 0 Å². The van der Waals surface area contributed by atoms with E-state index in [0.29, 0.717) is 5.02 Å². The third-order valence-corrected chi connectivity index (χ3v) is 6.32. The Morgan fingerprint density at radius 2 is 1.82 bits per heavy atom. The van der Waals surface area contributed by atoms with Gasteiger partial charge in [-0.1, -0.05) is 23.6 Å². The van der Waals surface area contributed by atoms with Crippen molar-refractivity contribution in [2.45, 2.75) is 4.90 Å². The van der Waals surface area contributed by atoms with Gasteiger partial charge in [0.15, 0.2) is 0 Å². The molecule has 0 saturated heterocycles. The Labute approximate surface area is 192 Å². The molecule has 2 N–H and O–H groups in total. The van der Waals surface area contributed by atoms with Crippen molar-refractivity contribution in [2.24, 2.45) is 0 Å². The van der Waals surface area contributed by atoms with Gasteiger partial charge in [-0.15, -0.1) is 17.8 Å². The molecule has 0 aliphatic rings. The van der Waals surface area contributed by atoms with Gasteiger partial charge in [0, 0.05) is 25.0 Å². The molecule has 0 saturated carbocycles. The SMILES string of the molecule is C#Cc1cccs1.COc1ccc(N)c(I)c1.O=S(=O)(Cl)c1ccc(Cl)cc1. The first kappa shape index (κ1) is 24.6. The highest BCUT2D eigenvalue weighted by Crippen LogP contribution is 2.20. The highest BCUT2D eigenvalue weighted by molar-refractivity contribution is 14.1. The van der Waals surface area contributed by atoms with Gasteiger partial charge in [0.05, 0.1) is 16.9 Å². The number of thiophene rings is 1. The van der Waals surface area contributed by atoms with Crippen LogP contribution in [0.1, 0.15) is 4.88 Å². The average molecular weight is 568 g/mol. The van der Waals surface area contributed by atoms with Crippen LogP contribution in [0.4, 0.5) is 5.69 Å². The zero-order chi connectivity index (χ0) is 21.2. The van der Waals surface area contributed by atoms with Crippen LogP contribution in [-0.4, -0.2) is 15.5 Å². The maximum Gasteiger partial charge on any atom is 0.261 e. The first-order valence-corrected chi connectivity index (χ1v) is 12.1. The second kappa shape index (κ2) is 12.2. The van der Waals surface area contributed by atoms with E-state index in [-0.39, 0.29) is 4.90 Å². The Morgan fingerprint density at radius 1 is 1.18 bits per heavy atom. The molecule has 0 radical (unpaired) electrons. The van der Waals surface area contributed by atoms with Crippen LogP contribution in [0, 0.1) is 15.9 Å². The van der Waals surface area contributed by atoms with Gasteiger partial charge in [-0.05, 0) is 76.5 Å². The molecule has 9 heteroatoms. The van der Waals surface area contributed by atoms with Crippen molar-refractivity contribution in [3.63, 3.8) is 0 Å². The van der Waals surface area contributed by atoms with E-state index in [0.717, 1.165) is 19.9 Å². The summed E-state index contributed by atoms with van der Waals surface area (Å²) in [6, 6.07) is 15.1. The van der Waals surface area contributed by atoms with Gasteiger partial charge in [0.2, 0.25) is 0 Å². The van der Waals surface area contributed by atoms with E-state index in [1.165, 1.54) is 24.3 Å². The van der Waals surface area contributed by atoms with Crippen LogP contribution in [-0.2, 0) is 9.05 Å². The number of nitrogens with two attached hydrogens (primary N) is 1. The predicted molar refractivity (Wildman–Crippen MR) is 127 cm³/mol. The molecule has 0 bridgehead atoms. The summed E-state index contributed by atoms with van der Waals surface area (Å²) in [4.78, 5) is 1.06. The number of terminal acetylenes is 1. The summed E-state index contributed by atoms with van der Waals surface area (Å²) in [7, 11) is 3.07. The van der Waals surface area contributed by atoms with Crippen molar-refractivity contribution in [1.29, 1.82) is 0 Å². The Bertz CT molecular complexity index is 1020. The molecular weight excluding hydrogens is 552 g/mol. The lowest BCUT2D eigenvalue weighted by atomic mass is 10.3. The number of rotatable bonds is 2. The lowest BCUT2D eigenvalue weighted by Gasteiger charge is -2.01. The summed E-state index contributed by atoms with van der Waals surface area (Å²) in [6.07, 6.45) is 5.05. The first-order valence-electron chi connectivity index (χ1n) is 7.46. The monoisotopic (exact) mass is 567 g/mol. The molecule has 0 atom stereocenters. The molecule has 1 heterocycles. The normalized spacial score (nSPS) is 9.82. The number of anilines is 1. The standard InChI is InChI=1S/C7H8INO.C6H4Cl2O2S.C6H4S/c1-10-5-2-3-7(9)6(8)4-5;7-5-1-3-6(4-2-5)11(8,9)10;1-2-6-4-3-5-7-6/h2-4H,9H2,1H3;1-4H;1,3-5H. The van der Waals surface area contributed by atoms with E-state index in [4.69, 9.17) is 39.2 Å². The minimum Gasteiger partial charge on any atom is -0.497 e. The highest BCUT2D eigenvalue weighted by atomic mass is 127. The molecule has 2 aromatic carbocycles. The van der Waals surface area contributed by atoms with Crippen molar-refractivity contribution in [2.75, 3.05) is 12.8 Å². The summed E-state index contributed by atoms with van der Waals surface area (Å²) in [5, 5.41) is 2.45. The van der Waals surface area contributed by atoms with Crippen LogP contribution < -0.4 is 10.5 Å². The lowest BCUT2D eigenvalue weighted by Crippen LogP contribution is -1.89. The molecule has 0 aliphatic carbocycles. The van der Waals surface area contributed by atoms with Gasteiger partial charge in [-0.25, -0.2) is 8.42 Å². The van der Waals surface area contributed by atoms with Gasteiger partial charge in [-0.2, -0.15) is 0 Å². The molecule has 3 rings (SSSR count). The molecule has 3 aromatic rings. The quantitative estimate of drug-likeness (QED) is 0.182. The smallest absolute Gasteiger partial charge is 0.261 e. The highest BCUT2D eigenvalue weighted by Gasteiger charge is 2.07. The minimum absolute atomic E-state index is 0.0589. The van der Waals surface area contributed by atoms with E-state index < -0.39 is 9.05 Å². The fraction of sp³-hybridized carbons (Fsp3) is 0.0526. The summed E-state index contributed by atoms with van der Waals surface area (Å²) in [6.45, 7) is 0. The van der Waals surface area contributed by atoms with Crippen LogP contribution in [0.5, 0.6) is 5.75 Å². The van der Waals surface area contributed by atoms with Gasteiger partial charge in [0.25, 0.3) is 9.05 Å². The molecular formula is C19H16Cl2INO3S2. The summed E-state index contributed by atoms with van der Waals surface area (Å²) < 4.78 is 27.3. The van der Waals surface area contributed by atoms with Gasteiger partial charge in [0.1, 0.15) is 5.75 Å². The second-order valence-corrected chi connectivity index (χ2v) is 10.0. The minimum atomic E-state index is -3.61. The molecule has 4 nitrogen and oxygen atoms in total. The van der Waals surface area contributed by atoms with Crippen LogP contribution in [0.15, 0.2) is 64.9 Å². The first-order chi connectivity index (χ1) is 13.2. The van der Waals surface area contributed by atoms with E-state index in [2.05, 4.69) is 28.5 Å². The topological polar surface area (TPSA) is 69.4 Å². The molecule has 0 unspecified atom stereocenters. The molecule has 0 spiro atoms.